The standard InChI is InChI=1S/C18H25N5/c1-6-23-17-7-13(2)15(10-21-22-11-19-20-12-22)8-16(17)14(3)9-18(23,4)5/h7-8,10-12,14H,6,9H2,1-5H3/b21-10-. The molecule has 0 aliphatic carbocycles. The quantitative estimate of drug-likeness (QED) is 0.814. The van der Waals surface area contributed by atoms with Gasteiger partial charge in [0.1, 0.15) is 12.7 Å². The van der Waals surface area contributed by atoms with E-state index >= 15 is 0 Å². The molecule has 1 aromatic heterocycles. The van der Waals surface area contributed by atoms with Gasteiger partial charge in [0.05, 0.1) is 6.21 Å². The monoisotopic (exact) mass is 311 g/mol. The SMILES string of the molecule is CCN1c2cc(C)c(/C=N\n3cnnc3)cc2C(C)CC1(C)C. The summed E-state index contributed by atoms with van der Waals surface area (Å²) in [5.41, 5.74) is 5.38. The number of aromatic nitrogens is 3. The Hall–Kier alpha value is -2.17. The highest BCUT2D eigenvalue weighted by atomic mass is 15.4. The van der Waals surface area contributed by atoms with Crippen LogP contribution in [0.2, 0.25) is 0 Å². The smallest absolute Gasteiger partial charge is 0.141 e. The van der Waals surface area contributed by atoms with E-state index in [1.165, 1.54) is 23.2 Å². The molecule has 1 aliphatic rings. The second-order valence-electron chi connectivity index (χ2n) is 7.02. The van der Waals surface area contributed by atoms with E-state index in [2.05, 4.69) is 67.0 Å². The Morgan fingerprint density at radius 2 is 2.00 bits per heavy atom. The molecule has 0 radical (unpaired) electrons. The fraction of sp³-hybridized carbons (Fsp3) is 0.500. The van der Waals surface area contributed by atoms with Gasteiger partial charge in [-0.1, -0.05) is 6.92 Å². The number of benzene rings is 1. The van der Waals surface area contributed by atoms with Gasteiger partial charge in [0.25, 0.3) is 0 Å². The van der Waals surface area contributed by atoms with Crippen LogP contribution in [0.4, 0.5) is 5.69 Å². The molecule has 23 heavy (non-hydrogen) atoms. The second kappa shape index (κ2) is 5.80. The van der Waals surface area contributed by atoms with Crippen LogP contribution in [-0.4, -0.2) is 33.2 Å². The topological polar surface area (TPSA) is 46.3 Å². The number of hydrogen-bond donors (Lipinski definition) is 0. The summed E-state index contributed by atoms with van der Waals surface area (Å²) >= 11 is 0. The first-order valence-corrected chi connectivity index (χ1v) is 8.23. The van der Waals surface area contributed by atoms with E-state index in [1.807, 2.05) is 6.21 Å². The zero-order valence-electron chi connectivity index (χ0n) is 14.6. The molecule has 2 heterocycles. The molecule has 2 aromatic rings. The van der Waals surface area contributed by atoms with E-state index in [1.54, 1.807) is 17.3 Å². The van der Waals surface area contributed by atoms with Crippen LogP contribution in [0, 0.1) is 6.92 Å². The molecule has 5 nitrogen and oxygen atoms in total. The predicted octanol–water partition coefficient (Wildman–Crippen LogP) is 3.58. The maximum Gasteiger partial charge on any atom is 0.141 e. The summed E-state index contributed by atoms with van der Waals surface area (Å²) in [7, 11) is 0. The minimum atomic E-state index is 0.200. The molecule has 0 fully saturated rings. The van der Waals surface area contributed by atoms with E-state index in [0.717, 1.165) is 12.1 Å². The van der Waals surface area contributed by atoms with Gasteiger partial charge in [-0.25, -0.2) is 4.68 Å². The van der Waals surface area contributed by atoms with E-state index in [0.29, 0.717) is 5.92 Å². The van der Waals surface area contributed by atoms with Crippen LogP contribution < -0.4 is 4.90 Å². The largest absolute Gasteiger partial charge is 0.366 e. The lowest BCUT2D eigenvalue weighted by Crippen LogP contribution is -2.48. The van der Waals surface area contributed by atoms with Crippen LogP contribution in [0.5, 0.6) is 0 Å². The summed E-state index contributed by atoms with van der Waals surface area (Å²) in [5.74, 6) is 0.547. The third-order valence-electron chi connectivity index (χ3n) is 4.83. The minimum Gasteiger partial charge on any atom is -0.366 e. The van der Waals surface area contributed by atoms with Gasteiger partial charge >= 0.3 is 0 Å². The summed E-state index contributed by atoms with van der Waals surface area (Å²) in [6, 6.07) is 4.60. The maximum atomic E-state index is 4.39. The molecule has 0 N–H and O–H groups in total. The molecule has 5 heteroatoms. The Bertz CT molecular complexity index is 715. The molecule has 3 rings (SSSR count). The van der Waals surface area contributed by atoms with E-state index in [-0.39, 0.29) is 5.54 Å². The summed E-state index contributed by atoms with van der Waals surface area (Å²) in [6.07, 6.45) is 6.24. The van der Waals surface area contributed by atoms with Gasteiger partial charge in [0.15, 0.2) is 0 Å². The Kier molecular flexibility index (Phi) is 3.96. The van der Waals surface area contributed by atoms with Crippen molar-refractivity contribution < 1.29 is 0 Å². The summed E-state index contributed by atoms with van der Waals surface area (Å²) in [5, 5.41) is 11.9. The summed E-state index contributed by atoms with van der Waals surface area (Å²) < 4.78 is 1.61. The molecule has 0 spiro atoms. The zero-order chi connectivity index (χ0) is 16.6. The molecule has 0 saturated heterocycles. The van der Waals surface area contributed by atoms with Crippen molar-refractivity contribution in [1.82, 2.24) is 14.9 Å². The van der Waals surface area contributed by atoms with Gasteiger partial charge in [-0.3, -0.25) is 0 Å². The molecule has 0 saturated carbocycles. The number of anilines is 1. The molecule has 0 amide bonds. The first-order chi connectivity index (χ1) is 10.9. The molecular weight excluding hydrogens is 286 g/mol. The predicted molar refractivity (Wildman–Crippen MR) is 94.3 cm³/mol. The minimum absolute atomic E-state index is 0.200. The molecule has 1 aliphatic heterocycles. The van der Waals surface area contributed by atoms with Gasteiger partial charge in [0.2, 0.25) is 0 Å². The number of rotatable bonds is 3. The highest BCUT2D eigenvalue weighted by Gasteiger charge is 2.35. The number of fused-ring (bicyclic) bond motifs is 1. The van der Waals surface area contributed by atoms with Crippen LogP contribution in [0.25, 0.3) is 0 Å². The molecule has 1 atom stereocenters. The number of nitrogens with zero attached hydrogens (tertiary/aromatic N) is 5. The Balaban J connectivity index is 2.02. The van der Waals surface area contributed by atoms with Crippen LogP contribution in [0.15, 0.2) is 29.9 Å². The molecule has 1 aromatic carbocycles. The van der Waals surface area contributed by atoms with E-state index in [4.69, 9.17) is 0 Å². The van der Waals surface area contributed by atoms with Crippen LogP contribution in [0.3, 0.4) is 0 Å². The van der Waals surface area contributed by atoms with Crippen molar-refractivity contribution in [3.8, 4) is 0 Å². The van der Waals surface area contributed by atoms with Gasteiger partial charge in [-0.15, -0.1) is 10.2 Å². The fourth-order valence-corrected chi connectivity index (χ4v) is 3.77. The molecule has 1 unspecified atom stereocenters. The average molecular weight is 311 g/mol. The van der Waals surface area contributed by atoms with Gasteiger partial charge in [-0.05, 0) is 68.9 Å². The normalized spacial score (nSPS) is 20.0. The summed E-state index contributed by atoms with van der Waals surface area (Å²) in [4.78, 5) is 2.52. The third-order valence-corrected chi connectivity index (χ3v) is 4.83. The zero-order valence-corrected chi connectivity index (χ0v) is 14.6. The Morgan fingerprint density at radius 3 is 2.65 bits per heavy atom. The lowest BCUT2D eigenvalue weighted by Gasteiger charge is -2.47. The molecule has 0 bridgehead atoms. The number of aryl methyl sites for hydroxylation is 1. The maximum absolute atomic E-state index is 4.39. The second-order valence-corrected chi connectivity index (χ2v) is 7.02. The number of hydrogen-bond acceptors (Lipinski definition) is 4. The van der Waals surface area contributed by atoms with Crippen molar-refractivity contribution >= 4 is 11.9 Å². The Morgan fingerprint density at radius 1 is 1.30 bits per heavy atom. The summed E-state index contributed by atoms with van der Waals surface area (Å²) in [6.45, 7) is 12.4. The van der Waals surface area contributed by atoms with Crippen molar-refractivity contribution in [1.29, 1.82) is 0 Å². The highest BCUT2D eigenvalue weighted by Crippen LogP contribution is 2.43. The first-order valence-electron chi connectivity index (χ1n) is 8.23. The van der Waals surface area contributed by atoms with E-state index < -0.39 is 0 Å². The van der Waals surface area contributed by atoms with Crippen molar-refractivity contribution in [3.05, 3.63) is 41.5 Å². The van der Waals surface area contributed by atoms with E-state index in [9.17, 15) is 0 Å². The first kappa shape index (κ1) is 15.7. The highest BCUT2D eigenvalue weighted by molar-refractivity contribution is 5.84. The molecule has 122 valence electrons. The van der Waals surface area contributed by atoms with Gasteiger partial charge in [0, 0.05) is 17.8 Å². The van der Waals surface area contributed by atoms with Crippen LogP contribution >= 0.6 is 0 Å². The van der Waals surface area contributed by atoms with Crippen molar-refractivity contribution in [3.63, 3.8) is 0 Å². The van der Waals surface area contributed by atoms with Crippen molar-refractivity contribution in [2.45, 2.75) is 52.5 Å². The fourth-order valence-electron chi connectivity index (χ4n) is 3.77. The lowest BCUT2D eigenvalue weighted by atomic mass is 9.79. The lowest BCUT2D eigenvalue weighted by molar-refractivity contribution is 0.381. The van der Waals surface area contributed by atoms with Crippen LogP contribution in [-0.2, 0) is 0 Å². The van der Waals surface area contributed by atoms with Gasteiger partial charge in [-0.2, -0.15) is 5.10 Å². The van der Waals surface area contributed by atoms with Crippen LogP contribution in [0.1, 0.15) is 56.7 Å². The third kappa shape index (κ3) is 2.87. The van der Waals surface area contributed by atoms with Crippen molar-refractivity contribution in [2.24, 2.45) is 5.10 Å². The van der Waals surface area contributed by atoms with Gasteiger partial charge < -0.3 is 4.90 Å². The molecular formula is C18H25N5. The van der Waals surface area contributed by atoms with Crippen molar-refractivity contribution in [2.75, 3.05) is 11.4 Å². The average Bonchev–Trinajstić information content (AvgIpc) is 2.98. The Labute approximate surface area is 138 Å².